The van der Waals surface area contributed by atoms with Gasteiger partial charge in [0.25, 0.3) is 0 Å². The molecule has 0 saturated carbocycles. The normalized spacial score (nSPS) is 10.4. The number of methoxy groups -OCH3 is 1. The van der Waals surface area contributed by atoms with Gasteiger partial charge in [-0.1, -0.05) is 26.0 Å². The lowest BCUT2D eigenvalue weighted by Crippen LogP contribution is -2.08. The lowest BCUT2D eigenvalue weighted by Gasteiger charge is -2.13. The summed E-state index contributed by atoms with van der Waals surface area (Å²) >= 11 is 0. The zero-order chi connectivity index (χ0) is 12.8. The molecule has 0 spiro atoms. The van der Waals surface area contributed by atoms with Crippen molar-refractivity contribution in [3.63, 3.8) is 0 Å². The largest absolute Gasteiger partial charge is 0.496 e. The maximum Gasteiger partial charge on any atom is 0.310 e. The zero-order valence-electron chi connectivity index (χ0n) is 10.9. The SMILES string of the molecule is CCOC(=O)Cc1ccc(OC)c(C(C)C)c1. The first-order valence-electron chi connectivity index (χ1n) is 5.90. The molecule has 0 aliphatic heterocycles. The van der Waals surface area contributed by atoms with Crippen LogP contribution in [0.15, 0.2) is 18.2 Å². The molecule has 1 rings (SSSR count). The predicted octanol–water partition coefficient (Wildman–Crippen LogP) is 2.92. The lowest BCUT2D eigenvalue weighted by atomic mass is 9.98. The second kappa shape index (κ2) is 6.28. The van der Waals surface area contributed by atoms with E-state index in [0.717, 1.165) is 16.9 Å². The quantitative estimate of drug-likeness (QED) is 0.737. The molecular formula is C14H20O3. The van der Waals surface area contributed by atoms with Crippen molar-refractivity contribution >= 4 is 5.97 Å². The summed E-state index contributed by atoms with van der Waals surface area (Å²) in [6.07, 6.45) is 0.317. The van der Waals surface area contributed by atoms with Gasteiger partial charge in [-0.25, -0.2) is 0 Å². The highest BCUT2D eigenvalue weighted by molar-refractivity contribution is 5.72. The van der Waals surface area contributed by atoms with E-state index in [1.165, 1.54) is 0 Å². The first-order valence-corrected chi connectivity index (χ1v) is 5.90. The number of carbonyl (C=O) groups is 1. The van der Waals surface area contributed by atoms with E-state index < -0.39 is 0 Å². The summed E-state index contributed by atoms with van der Waals surface area (Å²) in [7, 11) is 1.66. The van der Waals surface area contributed by atoms with E-state index in [-0.39, 0.29) is 5.97 Å². The lowest BCUT2D eigenvalue weighted by molar-refractivity contribution is -0.142. The molecule has 0 N–H and O–H groups in total. The second-order valence-electron chi connectivity index (χ2n) is 4.21. The Morgan fingerprint density at radius 3 is 2.59 bits per heavy atom. The first kappa shape index (κ1) is 13.6. The monoisotopic (exact) mass is 236 g/mol. The highest BCUT2D eigenvalue weighted by Crippen LogP contribution is 2.27. The average Bonchev–Trinajstić information content (AvgIpc) is 2.29. The molecule has 0 unspecified atom stereocenters. The van der Waals surface area contributed by atoms with Crippen LogP contribution in [0, 0.1) is 0 Å². The van der Waals surface area contributed by atoms with Gasteiger partial charge in [0.15, 0.2) is 0 Å². The van der Waals surface area contributed by atoms with Crippen LogP contribution in [-0.2, 0) is 16.0 Å². The summed E-state index contributed by atoms with van der Waals surface area (Å²) in [5.41, 5.74) is 2.09. The Balaban J connectivity index is 2.88. The number of hydrogen-bond donors (Lipinski definition) is 0. The standard InChI is InChI=1S/C14H20O3/c1-5-17-14(15)9-11-6-7-13(16-4)12(8-11)10(2)3/h6-8,10H,5,9H2,1-4H3. The fraction of sp³-hybridized carbons (Fsp3) is 0.500. The molecule has 0 aliphatic carbocycles. The van der Waals surface area contributed by atoms with Crippen molar-refractivity contribution in [2.24, 2.45) is 0 Å². The molecule has 0 aromatic heterocycles. The van der Waals surface area contributed by atoms with Gasteiger partial charge in [0, 0.05) is 0 Å². The molecule has 0 radical (unpaired) electrons. The molecule has 0 heterocycles. The minimum atomic E-state index is -0.188. The van der Waals surface area contributed by atoms with Crippen molar-refractivity contribution in [3.05, 3.63) is 29.3 Å². The van der Waals surface area contributed by atoms with Crippen LogP contribution in [0.25, 0.3) is 0 Å². The van der Waals surface area contributed by atoms with Crippen molar-refractivity contribution < 1.29 is 14.3 Å². The Labute approximate surface area is 103 Å². The van der Waals surface area contributed by atoms with Gasteiger partial charge < -0.3 is 9.47 Å². The van der Waals surface area contributed by atoms with Crippen LogP contribution in [0.3, 0.4) is 0 Å². The van der Waals surface area contributed by atoms with Crippen molar-refractivity contribution in [2.75, 3.05) is 13.7 Å². The van der Waals surface area contributed by atoms with Gasteiger partial charge in [0.05, 0.1) is 20.1 Å². The first-order chi connectivity index (χ1) is 8.08. The molecule has 0 amide bonds. The van der Waals surface area contributed by atoms with Crippen LogP contribution in [-0.4, -0.2) is 19.7 Å². The number of benzene rings is 1. The second-order valence-corrected chi connectivity index (χ2v) is 4.21. The number of ether oxygens (including phenoxy) is 2. The summed E-state index contributed by atoms with van der Waals surface area (Å²) in [6.45, 7) is 6.44. The molecule has 17 heavy (non-hydrogen) atoms. The van der Waals surface area contributed by atoms with Crippen LogP contribution < -0.4 is 4.74 Å². The van der Waals surface area contributed by atoms with Crippen molar-refractivity contribution in [1.82, 2.24) is 0 Å². The highest BCUT2D eigenvalue weighted by atomic mass is 16.5. The van der Waals surface area contributed by atoms with E-state index in [0.29, 0.717) is 18.9 Å². The van der Waals surface area contributed by atoms with Gasteiger partial charge in [-0.2, -0.15) is 0 Å². The molecule has 3 nitrogen and oxygen atoms in total. The van der Waals surface area contributed by atoms with E-state index in [1.54, 1.807) is 7.11 Å². The minimum absolute atomic E-state index is 0.188. The fourth-order valence-corrected chi connectivity index (χ4v) is 1.72. The van der Waals surface area contributed by atoms with Crippen molar-refractivity contribution in [3.8, 4) is 5.75 Å². The Morgan fingerprint density at radius 2 is 2.06 bits per heavy atom. The molecule has 1 aromatic rings. The topological polar surface area (TPSA) is 35.5 Å². The number of esters is 1. The summed E-state index contributed by atoms with van der Waals surface area (Å²) < 4.78 is 10.2. The van der Waals surface area contributed by atoms with Gasteiger partial charge in [-0.3, -0.25) is 4.79 Å². The van der Waals surface area contributed by atoms with E-state index in [9.17, 15) is 4.79 Å². The molecule has 3 heteroatoms. The molecule has 0 saturated heterocycles. The highest BCUT2D eigenvalue weighted by Gasteiger charge is 2.10. The smallest absolute Gasteiger partial charge is 0.310 e. The van der Waals surface area contributed by atoms with Crippen molar-refractivity contribution in [1.29, 1.82) is 0 Å². The van der Waals surface area contributed by atoms with Gasteiger partial charge in [-0.15, -0.1) is 0 Å². The fourth-order valence-electron chi connectivity index (χ4n) is 1.72. The van der Waals surface area contributed by atoms with E-state index in [2.05, 4.69) is 13.8 Å². The average molecular weight is 236 g/mol. The third kappa shape index (κ3) is 3.77. The molecule has 0 atom stereocenters. The Bertz CT molecular complexity index is 383. The summed E-state index contributed by atoms with van der Waals surface area (Å²) in [5, 5.41) is 0. The van der Waals surface area contributed by atoms with Crippen molar-refractivity contribution in [2.45, 2.75) is 33.1 Å². The van der Waals surface area contributed by atoms with Gasteiger partial charge >= 0.3 is 5.97 Å². The van der Waals surface area contributed by atoms with Crippen LogP contribution in [0.5, 0.6) is 5.75 Å². The third-order valence-electron chi connectivity index (χ3n) is 2.57. The third-order valence-corrected chi connectivity index (χ3v) is 2.57. The van der Waals surface area contributed by atoms with Crippen LogP contribution >= 0.6 is 0 Å². The summed E-state index contributed by atoms with van der Waals surface area (Å²) in [5.74, 6) is 1.05. The van der Waals surface area contributed by atoms with Gasteiger partial charge in [0.1, 0.15) is 5.75 Å². The minimum Gasteiger partial charge on any atom is -0.496 e. The zero-order valence-corrected chi connectivity index (χ0v) is 10.9. The summed E-state index contributed by atoms with van der Waals surface area (Å²) in [6, 6.07) is 5.83. The molecule has 0 aliphatic rings. The number of rotatable bonds is 5. The van der Waals surface area contributed by atoms with E-state index in [1.807, 2.05) is 25.1 Å². The van der Waals surface area contributed by atoms with Crippen LogP contribution in [0.2, 0.25) is 0 Å². The maximum atomic E-state index is 11.4. The molecular weight excluding hydrogens is 216 g/mol. The summed E-state index contributed by atoms with van der Waals surface area (Å²) in [4.78, 5) is 11.4. The van der Waals surface area contributed by atoms with Gasteiger partial charge in [-0.05, 0) is 30.0 Å². The Kier molecular flexibility index (Phi) is 5.01. The maximum absolute atomic E-state index is 11.4. The van der Waals surface area contributed by atoms with Crippen LogP contribution in [0.1, 0.15) is 37.8 Å². The molecule has 0 fully saturated rings. The van der Waals surface area contributed by atoms with E-state index >= 15 is 0 Å². The Hall–Kier alpha value is -1.51. The van der Waals surface area contributed by atoms with Gasteiger partial charge in [0.2, 0.25) is 0 Å². The van der Waals surface area contributed by atoms with Crippen LogP contribution in [0.4, 0.5) is 0 Å². The number of carbonyl (C=O) groups excluding carboxylic acids is 1. The Morgan fingerprint density at radius 1 is 1.35 bits per heavy atom. The predicted molar refractivity (Wildman–Crippen MR) is 67.4 cm³/mol. The van der Waals surface area contributed by atoms with E-state index in [4.69, 9.17) is 9.47 Å². The molecule has 94 valence electrons. The number of hydrogen-bond acceptors (Lipinski definition) is 3. The molecule has 1 aromatic carbocycles. The molecule has 0 bridgehead atoms.